The first-order valence-corrected chi connectivity index (χ1v) is 6.01. The molecule has 0 fully saturated rings. The minimum Gasteiger partial charge on any atom is -0.460 e. The minimum atomic E-state index is -0.778. The van der Waals surface area contributed by atoms with Gasteiger partial charge >= 0.3 is 5.97 Å². The van der Waals surface area contributed by atoms with E-state index in [1.807, 2.05) is 20.8 Å². The Kier molecular flexibility index (Phi) is 5.33. The zero-order valence-corrected chi connectivity index (χ0v) is 11.8. The third kappa shape index (κ3) is 5.82. The van der Waals surface area contributed by atoms with Crippen molar-refractivity contribution in [2.75, 3.05) is 0 Å². The Hall–Kier alpha value is -0.900. The molecule has 0 aromatic rings. The van der Waals surface area contributed by atoms with Crippen LogP contribution in [0.15, 0.2) is 0 Å². The maximum Gasteiger partial charge on any atom is 0.308 e. The number of esters is 1. The molecular weight excluding hydrogens is 218 g/mol. The fraction of sp³-hybridized carbons (Fsp3) is 0.846. The predicted octanol–water partition coefficient (Wildman–Crippen LogP) is 2.05. The van der Waals surface area contributed by atoms with Crippen LogP contribution in [0.2, 0.25) is 0 Å². The number of hydrogen-bond acceptors (Lipinski definition) is 4. The summed E-state index contributed by atoms with van der Waals surface area (Å²) >= 11 is 0. The summed E-state index contributed by atoms with van der Waals surface area (Å²) in [4.78, 5) is 23.5. The van der Waals surface area contributed by atoms with Crippen molar-refractivity contribution in [1.82, 2.24) is 0 Å². The summed E-state index contributed by atoms with van der Waals surface area (Å²) in [5.74, 6) is -0.517. The topological polar surface area (TPSA) is 69.4 Å². The largest absolute Gasteiger partial charge is 0.460 e. The van der Waals surface area contributed by atoms with Crippen LogP contribution in [0, 0.1) is 5.41 Å². The summed E-state index contributed by atoms with van der Waals surface area (Å²) in [5, 5.41) is 0. The SMILES string of the molecule is CCC(C)(C)C(=O)[C@H](N)CC(=O)OC(C)(C)C. The lowest BCUT2D eigenvalue weighted by atomic mass is 9.81. The van der Waals surface area contributed by atoms with Gasteiger partial charge in [-0.2, -0.15) is 0 Å². The van der Waals surface area contributed by atoms with Gasteiger partial charge in [0.2, 0.25) is 0 Å². The standard InChI is InChI=1S/C13H25NO3/c1-7-13(5,6)11(16)9(14)8-10(15)17-12(2,3)4/h9H,7-8,14H2,1-6H3/t9-/m1/s1. The summed E-state index contributed by atoms with van der Waals surface area (Å²) in [5.41, 5.74) is 4.72. The molecule has 0 heterocycles. The molecule has 0 unspecified atom stereocenters. The van der Waals surface area contributed by atoms with E-state index in [9.17, 15) is 9.59 Å². The van der Waals surface area contributed by atoms with Gasteiger partial charge in [-0.25, -0.2) is 0 Å². The van der Waals surface area contributed by atoms with Crippen molar-refractivity contribution in [2.24, 2.45) is 11.1 Å². The van der Waals surface area contributed by atoms with Crippen LogP contribution in [-0.2, 0) is 14.3 Å². The maximum atomic E-state index is 12.0. The Balaban J connectivity index is 4.41. The van der Waals surface area contributed by atoms with E-state index in [0.717, 1.165) is 0 Å². The van der Waals surface area contributed by atoms with E-state index >= 15 is 0 Å². The normalized spacial score (nSPS) is 14.3. The third-order valence-electron chi connectivity index (χ3n) is 2.69. The predicted molar refractivity (Wildman–Crippen MR) is 67.5 cm³/mol. The van der Waals surface area contributed by atoms with Crippen LogP contribution in [0.3, 0.4) is 0 Å². The van der Waals surface area contributed by atoms with Gasteiger partial charge in [-0.3, -0.25) is 9.59 Å². The number of carbonyl (C=O) groups excluding carboxylic acids is 2. The van der Waals surface area contributed by atoms with Gasteiger partial charge < -0.3 is 10.5 Å². The van der Waals surface area contributed by atoms with Crippen LogP contribution in [0.25, 0.3) is 0 Å². The van der Waals surface area contributed by atoms with Gasteiger partial charge in [0, 0.05) is 5.41 Å². The number of ketones is 1. The van der Waals surface area contributed by atoms with Crippen LogP contribution in [0.1, 0.15) is 54.4 Å². The highest BCUT2D eigenvalue weighted by Crippen LogP contribution is 2.23. The minimum absolute atomic E-state index is 0.0560. The number of carbonyl (C=O) groups is 2. The average molecular weight is 243 g/mol. The maximum absolute atomic E-state index is 12.0. The zero-order chi connectivity index (χ0) is 13.9. The lowest BCUT2D eigenvalue weighted by Crippen LogP contribution is -2.42. The van der Waals surface area contributed by atoms with Crippen molar-refractivity contribution in [3.8, 4) is 0 Å². The summed E-state index contributed by atoms with van der Waals surface area (Å²) < 4.78 is 5.13. The molecule has 0 saturated carbocycles. The van der Waals surface area contributed by atoms with Crippen molar-refractivity contribution >= 4 is 11.8 Å². The molecule has 0 bridgehead atoms. The molecule has 0 aliphatic carbocycles. The van der Waals surface area contributed by atoms with Gasteiger partial charge in [0.05, 0.1) is 12.5 Å². The molecule has 0 aromatic heterocycles. The van der Waals surface area contributed by atoms with Gasteiger partial charge in [0.25, 0.3) is 0 Å². The Morgan fingerprint density at radius 2 is 1.65 bits per heavy atom. The van der Waals surface area contributed by atoms with Gasteiger partial charge in [-0.15, -0.1) is 0 Å². The quantitative estimate of drug-likeness (QED) is 0.750. The molecule has 0 saturated heterocycles. The van der Waals surface area contributed by atoms with Crippen molar-refractivity contribution in [2.45, 2.75) is 66.0 Å². The van der Waals surface area contributed by atoms with Crippen molar-refractivity contribution in [3.63, 3.8) is 0 Å². The number of nitrogens with two attached hydrogens (primary N) is 1. The van der Waals surface area contributed by atoms with Crippen molar-refractivity contribution in [3.05, 3.63) is 0 Å². The summed E-state index contributed by atoms with van der Waals surface area (Å²) in [6, 6.07) is -0.778. The molecule has 0 aliphatic heterocycles. The fourth-order valence-electron chi connectivity index (χ4n) is 1.33. The molecule has 0 aromatic carbocycles. The molecule has 100 valence electrons. The lowest BCUT2D eigenvalue weighted by molar-refractivity contribution is -0.156. The molecule has 4 heteroatoms. The van der Waals surface area contributed by atoms with E-state index in [1.165, 1.54) is 0 Å². The second kappa shape index (κ2) is 5.63. The molecule has 0 aliphatic rings. The Labute approximate surface area is 104 Å². The third-order valence-corrected chi connectivity index (χ3v) is 2.69. The Bertz CT molecular complexity index is 290. The number of rotatable bonds is 5. The molecule has 17 heavy (non-hydrogen) atoms. The molecule has 0 rings (SSSR count). The number of ether oxygens (including phenoxy) is 1. The van der Waals surface area contributed by atoms with E-state index in [1.54, 1.807) is 20.8 Å². The van der Waals surface area contributed by atoms with Crippen molar-refractivity contribution in [1.29, 1.82) is 0 Å². The highest BCUT2D eigenvalue weighted by molar-refractivity contribution is 5.92. The summed E-state index contributed by atoms with van der Waals surface area (Å²) in [6.45, 7) is 11.0. The Morgan fingerprint density at radius 3 is 2.00 bits per heavy atom. The lowest BCUT2D eigenvalue weighted by Gasteiger charge is -2.25. The number of hydrogen-bond donors (Lipinski definition) is 1. The van der Waals surface area contributed by atoms with Crippen LogP contribution in [-0.4, -0.2) is 23.4 Å². The molecule has 1 atom stereocenters. The first-order valence-electron chi connectivity index (χ1n) is 6.01. The van der Waals surface area contributed by atoms with Gasteiger partial charge in [0.15, 0.2) is 5.78 Å². The van der Waals surface area contributed by atoms with Gasteiger partial charge in [-0.1, -0.05) is 20.8 Å². The average Bonchev–Trinajstić information content (AvgIpc) is 2.13. The van der Waals surface area contributed by atoms with E-state index in [-0.39, 0.29) is 12.2 Å². The van der Waals surface area contributed by atoms with Crippen LogP contribution < -0.4 is 5.73 Å². The van der Waals surface area contributed by atoms with Crippen molar-refractivity contribution < 1.29 is 14.3 Å². The van der Waals surface area contributed by atoms with E-state index in [2.05, 4.69) is 0 Å². The van der Waals surface area contributed by atoms with Crippen LogP contribution in [0.4, 0.5) is 0 Å². The first kappa shape index (κ1) is 16.1. The molecular formula is C13H25NO3. The molecule has 0 radical (unpaired) electrons. The van der Waals surface area contributed by atoms with Crippen LogP contribution in [0.5, 0.6) is 0 Å². The monoisotopic (exact) mass is 243 g/mol. The zero-order valence-electron chi connectivity index (χ0n) is 11.8. The summed E-state index contributed by atoms with van der Waals surface area (Å²) in [6.07, 6.45) is 0.646. The van der Waals surface area contributed by atoms with Gasteiger partial charge in [0.1, 0.15) is 5.60 Å². The van der Waals surface area contributed by atoms with E-state index in [4.69, 9.17) is 10.5 Å². The van der Waals surface area contributed by atoms with E-state index in [0.29, 0.717) is 6.42 Å². The molecule has 0 amide bonds. The van der Waals surface area contributed by atoms with Crippen LogP contribution >= 0.6 is 0 Å². The second-order valence-electron chi connectivity index (χ2n) is 6.00. The highest BCUT2D eigenvalue weighted by Gasteiger charge is 2.32. The Morgan fingerprint density at radius 1 is 1.18 bits per heavy atom. The second-order valence-corrected chi connectivity index (χ2v) is 6.00. The highest BCUT2D eigenvalue weighted by atomic mass is 16.6. The van der Waals surface area contributed by atoms with E-state index < -0.39 is 23.0 Å². The smallest absolute Gasteiger partial charge is 0.308 e. The molecule has 4 nitrogen and oxygen atoms in total. The number of Topliss-reactive ketones (excluding diaryl/α,β-unsaturated/α-hetero) is 1. The summed E-state index contributed by atoms with van der Waals surface area (Å²) in [7, 11) is 0. The molecule has 2 N–H and O–H groups in total. The van der Waals surface area contributed by atoms with Gasteiger partial charge in [-0.05, 0) is 27.2 Å². The first-order chi connectivity index (χ1) is 7.49. The fourth-order valence-corrected chi connectivity index (χ4v) is 1.33. The molecule has 0 spiro atoms.